The number of carbonyl (C=O) groups excluding carboxylic acids is 1. The Bertz CT molecular complexity index is 1470. The van der Waals surface area contributed by atoms with E-state index in [1.165, 1.54) is 32.4 Å². The van der Waals surface area contributed by atoms with Crippen molar-refractivity contribution in [2.75, 3.05) is 33.4 Å². The van der Waals surface area contributed by atoms with Crippen molar-refractivity contribution in [3.63, 3.8) is 0 Å². The van der Waals surface area contributed by atoms with Gasteiger partial charge < -0.3 is 19.5 Å². The fourth-order valence-electron chi connectivity index (χ4n) is 5.34. The van der Waals surface area contributed by atoms with Gasteiger partial charge in [0, 0.05) is 29.6 Å². The van der Waals surface area contributed by atoms with E-state index in [2.05, 4.69) is 28.4 Å². The van der Waals surface area contributed by atoms with Gasteiger partial charge in [0.2, 0.25) is 0 Å². The highest BCUT2D eigenvalue weighted by Crippen LogP contribution is 2.41. The lowest BCUT2D eigenvalue weighted by Gasteiger charge is -2.26. The molecule has 2 aliphatic heterocycles. The summed E-state index contributed by atoms with van der Waals surface area (Å²) >= 11 is 0. The molecular weight excluding hydrogens is 512 g/mol. The number of benzene rings is 4. The van der Waals surface area contributed by atoms with Crippen LogP contribution in [0.25, 0.3) is 21.9 Å². The number of carbonyl (C=O) groups is 1. The van der Waals surface area contributed by atoms with Crippen LogP contribution in [0.4, 0.5) is 0 Å². The first-order valence-electron chi connectivity index (χ1n) is 13.3. The maximum atomic E-state index is 12.1. The number of hydrogen-bond donors (Lipinski definition) is 1. The molecule has 1 saturated heterocycles. The first-order chi connectivity index (χ1) is 18.7. The van der Waals surface area contributed by atoms with Crippen molar-refractivity contribution < 1.29 is 19.0 Å². The molecular formula is C32H33ClN2O4. The summed E-state index contributed by atoms with van der Waals surface area (Å²) in [6.45, 7) is 4.54. The van der Waals surface area contributed by atoms with Crippen molar-refractivity contribution in [2.45, 2.75) is 25.8 Å². The van der Waals surface area contributed by atoms with Gasteiger partial charge in [-0.25, -0.2) is 0 Å². The second-order valence-electron chi connectivity index (χ2n) is 9.91. The maximum Gasteiger partial charge on any atom is 0.251 e. The van der Waals surface area contributed by atoms with Crippen LogP contribution in [-0.4, -0.2) is 44.2 Å². The van der Waals surface area contributed by atoms with Crippen LogP contribution in [0.3, 0.4) is 0 Å². The van der Waals surface area contributed by atoms with Crippen molar-refractivity contribution in [1.82, 2.24) is 10.2 Å². The molecule has 7 heteroatoms. The first-order valence-corrected chi connectivity index (χ1v) is 13.3. The molecule has 0 radical (unpaired) electrons. The Kier molecular flexibility index (Phi) is 8.24. The molecule has 0 spiro atoms. The number of amides is 1. The molecule has 4 aromatic carbocycles. The third-order valence-corrected chi connectivity index (χ3v) is 7.45. The number of likely N-dealkylation sites (tertiary alicyclic amines) is 1. The Labute approximate surface area is 235 Å². The zero-order chi connectivity index (χ0) is 25.9. The van der Waals surface area contributed by atoms with Gasteiger partial charge in [-0.15, -0.1) is 12.4 Å². The SMILES string of the molecule is COc1ccc2c(Oc3ccc(OCCN4CCCCC4)cc3)c(-c3ccc4c(c3)CNC4=O)ccc2c1.Cl. The van der Waals surface area contributed by atoms with Gasteiger partial charge in [-0.05, 0) is 103 Å². The number of nitrogens with one attached hydrogen (secondary N) is 1. The van der Waals surface area contributed by atoms with Crippen LogP contribution in [0.2, 0.25) is 0 Å². The highest BCUT2D eigenvalue weighted by molar-refractivity contribution is 6.00. The van der Waals surface area contributed by atoms with Gasteiger partial charge in [-0.1, -0.05) is 18.6 Å². The summed E-state index contributed by atoms with van der Waals surface area (Å²) in [5.41, 5.74) is 3.70. The lowest BCUT2D eigenvalue weighted by atomic mass is 9.96. The Morgan fingerprint density at radius 2 is 1.56 bits per heavy atom. The number of fused-ring (bicyclic) bond motifs is 2. The van der Waals surface area contributed by atoms with Crippen LogP contribution in [0, 0.1) is 0 Å². The van der Waals surface area contributed by atoms with E-state index >= 15 is 0 Å². The summed E-state index contributed by atoms with van der Waals surface area (Å²) in [5.74, 6) is 3.11. The lowest BCUT2D eigenvalue weighted by molar-refractivity contribution is 0.0965. The maximum absolute atomic E-state index is 12.1. The fourth-order valence-corrected chi connectivity index (χ4v) is 5.34. The number of piperidine rings is 1. The van der Waals surface area contributed by atoms with E-state index in [1.807, 2.05) is 54.6 Å². The molecule has 0 bridgehead atoms. The summed E-state index contributed by atoms with van der Waals surface area (Å²) in [4.78, 5) is 14.5. The molecule has 6 nitrogen and oxygen atoms in total. The highest BCUT2D eigenvalue weighted by Gasteiger charge is 2.21. The van der Waals surface area contributed by atoms with Gasteiger partial charge in [0.1, 0.15) is 29.6 Å². The van der Waals surface area contributed by atoms with E-state index in [4.69, 9.17) is 14.2 Å². The fraction of sp³-hybridized carbons (Fsp3) is 0.281. The minimum atomic E-state index is -0.0214. The zero-order valence-corrected chi connectivity index (χ0v) is 22.9. The van der Waals surface area contributed by atoms with E-state index in [0.29, 0.717) is 13.2 Å². The summed E-state index contributed by atoms with van der Waals surface area (Å²) < 4.78 is 18.0. The summed E-state index contributed by atoms with van der Waals surface area (Å²) in [7, 11) is 1.67. The quantitative estimate of drug-likeness (QED) is 0.263. The molecule has 0 atom stereocenters. The number of rotatable bonds is 8. The Morgan fingerprint density at radius 1 is 0.821 bits per heavy atom. The number of methoxy groups -OCH3 is 1. The van der Waals surface area contributed by atoms with Gasteiger partial charge in [0.25, 0.3) is 5.91 Å². The Hall–Kier alpha value is -3.74. The number of hydrogen-bond acceptors (Lipinski definition) is 5. The summed E-state index contributed by atoms with van der Waals surface area (Å²) in [6.07, 6.45) is 3.92. The molecule has 6 rings (SSSR count). The Balaban J connectivity index is 0.00000308. The predicted molar refractivity (Wildman–Crippen MR) is 157 cm³/mol. The van der Waals surface area contributed by atoms with Gasteiger partial charge in [-0.3, -0.25) is 9.69 Å². The van der Waals surface area contributed by atoms with E-state index < -0.39 is 0 Å². The summed E-state index contributed by atoms with van der Waals surface area (Å²) in [5, 5.41) is 4.91. The third-order valence-electron chi connectivity index (χ3n) is 7.45. The molecule has 1 N–H and O–H groups in total. The van der Waals surface area contributed by atoms with E-state index in [-0.39, 0.29) is 18.3 Å². The topological polar surface area (TPSA) is 60.0 Å². The third kappa shape index (κ3) is 5.82. The minimum Gasteiger partial charge on any atom is -0.497 e. The number of nitrogens with zero attached hydrogens (tertiary/aromatic N) is 1. The van der Waals surface area contributed by atoms with Crippen LogP contribution >= 0.6 is 12.4 Å². The van der Waals surface area contributed by atoms with Crippen LogP contribution in [0.5, 0.6) is 23.0 Å². The molecule has 1 fully saturated rings. The molecule has 0 aromatic heterocycles. The second-order valence-corrected chi connectivity index (χ2v) is 9.91. The molecule has 2 aliphatic rings. The Morgan fingerprint density at radius 3 is 2.36 bits per heavy atom. The van der Waals surface area contributed by atoms with Gasteiger partial charge in [-0.2, -0.15) is 0 Å². The lowest BCUT2D eigenvalue weighted by Crippen LogP contribution is -2.33. The average molecular weight is 545 g/mol. The first kappa shape index (κ1) is 26.9. The van der Waals surface area contributed by atoms with Crippen LogP contribution < -0.4 is 19.5 Å². The van der Waals surface area contributed by atoms with Crippen molar-refractivity contribution in [3.05, 3.63) is 83.9 Å². The molecule has 202 valence electrons. The average Bonchev–Trinajstić information content (AvgIpc) is 3.34. The van der Waals surface area contributed by atoms with Crippen LogP contribution in [-0.2, 0) is 6.54 Å². The predicted octanol–water partition coefficient (Wildman–Crippen LogP) is 6.84. The van der Waals surface area contributed by atoms with Crippen LogP contribution in [0.15, 0.2) is 72.8 Å². The smallest absolute Gasteiger partial charge is 0.251 e. The largest absolute Gasteiger partial charge is 0.497 e. The van der Waals surface area contributed by atoms with Gasteiger partial charge in [0.05, 0.1) is 7.11 Å². The number of ether oxygens (including phenoxy) is 3. The van der Waals surface area contributed by atoms with Crippen molar-refractivity contribution in [3.8, 4) is 34.1 Å². The normalized spacial score (nSPS) is 14.8. The molecule has 0 unspecified atom stereocenters. The molecule has 2 heterocycles. The number of halogens is 1. The monoisotopic (exact) mass is 544 g/mol. The molecule has 39 heavy (non-hydrogen) atoms. The minimum absolute atomic E-state index is 0. The van der Waals surface area contributed by atoms with E-state index in [0.717, 1.165) is 62.6 Å². The van der Waals surface area contributed by atoms with Gasteiger partial charge >= 0.3 is 0 Å². The van der Waals surface area contributed by atoms with Gasteiger partial charge in [0.15, 0.2) is 0 Å². The van der Waals surface area contributed by atoms with Crippen molar-refractivity contribution in [2.24, 2.45) is 0 Å². The summed E-state index contributed by atoms with van der Waals surface area (Å²) in [6, 6.07) is 23.9. The van der Waals surface area contributed by atoms with E-state index in [9.17, 15) is 4.79 Å². The molecule has 0 saturated carbocycles. The van der Waals surface area contributed by atoms with Crippen molar-refractivity contribution in [1.29, 1.82) is 0 Å². The standard InChI is InChI=1S/C32H32N2O4.ClH/c1-36-27-11-14-29-23(20-27)5-12-28(22-6-13-30-24(19-22)21-33-32(30)35)31(29)38-26-9-7-25(8-10-26)37-18-17-34-15-3-2-4-16-34;/h5-14,19-20H,2-4,15-18,21H2,1H3,(H,33,35);1H. The van der Waals surface area contributed by atoms with Crippen molar-refractivity contribution >= 4 is 29.1 Å². The molecule has 4 aromatic rings. The highest BCUT2D eigenvalue weighted by atomic mass is 35.5. The zero-order valence-electron chi connectivity index (χ0n) is 22.1. The second kappa shape index (κ2) is 12.0. The van der Waals surface area contributed by atoms with E-state index in [1.54, 1.807) is 7.11 Å². The molecule has 0 aliphatic carbocycles. The van der Waals surface area contributed by atoms with Crippen LogP contribution in [0.1, 0.15) is 35.2 Å². The molecule has 1 amide bonds.